The summed E-state index contributed by atoms with van der Waals surface area (Å²) in [7, 11) is 1.63. The van der Waals surface area contributed by atoms with E-state index in [1.165, 1.54) is 9.69 Å². The molecule has 7 heteroatoms. The van der Waals surface area contributed by atoms with E-state index in [0.29, 0.717) is 28.2 Å². The van der Waals surface area contributed by atoms with Gasteiger partial charge in [-0.1, -0.05) is 48.5 Å². The van der Waals surface area contributed by atoms with E-state index in [-0.39, 0.29) is 11.5 Å². The molecule has 168 valence electrons. The Labute approximate surface area is 195 Å². The largest absolute Gasteiger partial charge is 0.482 e. The lowest BCUT2D eigenvalue weighted by Gasteiger charge is -2.23. The molecule has 34 heavy (non-hydrogen) atoms. The zero-order valence-electron chi connectivity index (χ0n) is 18.9. The Hall–Kier alpha value is -4.39. The van der Waals surface area contributed by atoms with E-state index >= 15 is 0 Å². The van der Waals surface area contributed by atoms with Gasteiger partial charge >= 0.3 is 0 Å². The van der Waals surface area contributed by atoms with E-state index < -0.39 is 0 Å². The molecule has 1 amide bonds. The van der Waals surface area contributed by atoms with Gasteiger partial charge < -0.3 is 4.74 Å². The van der Waals surface area contributed by atoms with Crippen molar-refractivity contribution in [1.82, 2.24) is 14.2 Å². The molecule has 2 aromatic heterocycles. The highest BCUT2D eigenvalue weighted by molar-refractivity contribution is 6.26. The summed E-state index contributed by atoms with van der Waals surface area (Å²) in [6, 6.07) is 19.0. The minimum absolute atomic E-state index is 0.281. The first-order valence-electron chi connectivity index (χ1n) is 11.2. The van der Waals surface area contributed by atoms with Gasteiger partial charge in [0.25, 0.3) is 11.5 Å². The minimum atomic E-state index is -0.296. The number of carbonyl (C=O) groups is 1. The second-order valence-corrected chi connectivity index (χ2v) is 8.38. The molecular formula is C27H22N4O3. The number of methoxy groups -OCH3 is 1. The van der Waals surface area contributed by atoms with Crippen LogP contribution in [0.5, 0.6) is 5.88 Å². The van der Waals surface area contributed by atoms with Crippen LogP contribution < -0.4 is 15.3 Å². The van der Waals surface area contributed by atoms with E-state index in [4.69, 9.17) is 4.74 Å². The number of allylic oxidation sites excluding steroid dienone is 1. The molecule has 7 nitrogen and oxygen atoms in total. The third kappa shape index (κ3) is 2.86. The van der Waals surface area contributed by atoms with Crippen LogP contribution in [-0.4, -0.2) is 27.2 Å². The molecule has 0 saturated heterocycles. The van der Waals surface area contributed by atoms with E-state index in [1.54, 1.807) is 38.4 Å². The number of carbonyl (C=O) groups excluding carboxylic acids is 1. The van der Waals surface area contributed by atoms with Crippen LogP contribution >= 0.6 is 0 Å². The molecule has 0 bridgehead atoms. The fraction of sp³-hybridized carbons (Fsp3) is 0.148. The number of aromatic nitrogens is 3. The standard InChI is InChI=1S/C27H22N4O3/c1-17-28-22-14-7-6-12-20(22)27(33)31(17)29-16-23(18-9-4-3-5-10-18)30-24(34-2)15-19-11-8-13-21(25(19)30)26(29)32/h3-7,9-10,12-16H,8,11H2,1-2H3. The molecule has 1 aliphatic heterocycles. The predicted octanol–water partition coefficient (Wildman–Crippen LogP) is 3.87. The number of benzene rings is 2. The van der Waals surface area contributed by atoms with Crippen molar-refractivity contribution in [1.29, 1.82) is 0 Å². The van der Waals surface area contributed by atoms with E-state index in [2.05, 4.69) is 4.98 Å². The molecule has 0 spiro atoms. The summed E-state index contributed by atoms with van der Waals surface area (Å²) in [6.45, 7) is 1.74. The summed E-state index contributed by atoms with van der Waals surface area (Å²) < 4.78 is 9.08. The highest BCUT2D eigenvalue weighted by atomic mass is 16.5. The number of hydrogen-bond acceptors (Lipinski definition) is 4. The van der Waals surface area contributed by atoms with Crippen molar-refractivity contribution in [3.63, 3.8) is 0 Å². The van der Waals surface area contributed by atoms with E-state index in [0.717, 1.165) is 35.4 Å². The fourth-order valence-corrected chi connectivity index (χ4v) is 4.87. The molecule has 1 aliphatic carbocycles. The molecule has 0 atom stereocenters. The smallest absolute Gasteiger partial charge is 0.280 e. The molecule has 2 aliphatic rings. The average molecular weight is 450 g/mol. The fourth-order valence-electron chi connectivity index (χ4n) is 4.87. The Morgan fingerprint density at radius 1 is 1.00 bits per heavy atom. The maximum Gasteiger partial charge on any atom is 0.280 e. The van der Waals surface area contributed by atoms with Gasteiger partial charge in [0.2, 0.25) is 0 Å². The van der Waals surface area contributed by atoms with Gasteiger partial charge in [-0.25, -0.2) is 9.99 Å². The van der Waals surface area contributed by atoms with Crippen molar-refractivity contribution in [3.8, 4) is 5.88 Å². The summed E-state index contributed by atoms with van der Waals surface area (Å²) in [4.78, 5) is 32.2. The lowest BCUT2D eigenvalue weighted by atomic mass is 9.96. The molecule has 0 fully saturated rings. The normalized spacial score (nSPS) is 15.0. The Morgan fingerprint density at radius 2 is 1.76 bits per heavy atom. The molecule has 2 aromatic carbocycles. The molecule has 0 radical (unpaired) electrons. The Morgan fingerprint density at radius 3 is 2.56 bits per heavy atom. The molecule has 0 saturated carbocycles. The van der Waals surface area contributed by atoms with Gasteiger partial charge in [-0.15, -0.1) is 0 Å². The molecular weight excluding hydrogens is 428 g/mol. The lowest BCUT2D eigenvalue weighted by molar-refractivity contribution is -0.114. The Balaban J connectivity index is 1.69. The third-order valence-corrected chi connectivity index (χ3v) is 6.40. The number of para-hydroxylation sites is 1. The number of amides is 1. The molecule has 4 aromatic rings. The van der Waals surface area contributed by atoms with Crippen LogP contribution in [0.25, 0.3) is 22.2 Å². The summed E-state index contributed by atoms with van der Waals surface area (Å²) in [6.07, 6.45) is 5.21. The summed E-state index contributed by atoms with van der Waals surface area (Å²) >= 11 is 0. The van der Waals surface area contributed by atoms with E-state index in [1.807, 2.05) is 53.1 Å². The van der Waals surface area contributed by atoms with Crippen LogP contribution in [-0.2, 0) is 11.2 Å². The Kier molecular flexibility index (Phi) is 4.52. The van der Waals surface area contributed by atoms with E-state index in [9.17, 15) is 9.59 Å². The minimum Gasteiger partial charge on any atom is -0.482 e. The third-order valence-electron chi connectivity index (χ3n) is 6.40. The summed E-state index contributed by atoms with van der Waals surface area (Å²) in [5.41, 5.74) is 4.33. The van der Waals surface area contributed by atoms with Crippen LogP contribution in [0.3, 0.4) is 0 Å². The highest BCUT2D eigenvalue weighted by Crippen LogP contribution is 2.40. The first-order chi connectivity index (χ1) is 16.6. The average Bonchev–Trinajstić information content (AvgIpc) is 3.18. The van der Waals surface area contributed by atoms with Crippen LogP contribution in [0.4, 0.5) is 0 Å². The second kappa shape index (κ2) is 7.59. The van der Waals surface area contributed by atoms with Gasteiger partial charge in [0.1, 0.15) is 5.82 Å². The zero-order chi connectivity index (χ0) is 23.4. The lowest BCUT2D eigenvalue weighted by Crippen LogP contribution is -2.44. The number of nitrogens with zero attached hydrogens (tertiary/aromatic N) is 4. The van der Waals surface area contributed by atoms with Crippen molar-refractivity contribution in [2.75, 3.05) is 12.1 Å². The first kappa shape index (κ1) is 20.2. The monoisotopic (exact) mass is 450 g/mol. The van der Waals surface area contributed by atoms with Gasteiger partial charge in [0, 0.05) is 11.6 Å². The SMILES string of the molecule is COc1cc2c3n1C(c1ccccc1)=CN(n1c(C)nc4ccccc4c1=O)C(=O)C3=CCC2. The van der Waals surface area contributed by atoms with Gasteiger partial charge in [0.05, 0.1) is 41.2 Å². The second-order valence-electron chi connectivity index (χ2n) is 8.38. The van der Waals surface area contributed by atoms with Crippen molar-refractivity contribution in [2.45, 2.75) is 19.8 Å². The van der Waals surface area contributed by atoms with Crippen LogP contribution in [0.15, 0.2) is 77.7 Å². The van der Waals surface area contributed by atoms with Gasteiger partial charge in [-0.3, -0.25) is 14.2 Å². The predicted molar refractivity (Wildman–Crippen MR) is 131 cm³/mol. The molecule has 6 rings (SSSR count). The van der Waals surface area contributed by atoms with Gasteiger partial charge in [-0.2, -0.15) is 4.68 Å². The Bertz CT molecular complexity index is 1590. The zero-order valence-corrected chi connectivity index (χ0v) is 18.9. The number of fused-ring (bicyclic) bond motifs is 1. The molecule has 3 heterocycles. The van der Waals surface area contributed by atoms with Crippen molar-refractivity contribution in [2.24, 2.45) is 0 Å². The van der Waals surface area contributed by atoms with Crippen molar-refractivity contribution >= 4 is 28.1 Å². The topological polar surface area (TPSA) is 69.4 Å². The van der Waals surface area contributed by atoms with Gasteiger partial charge in [0.15, 0.2) is 5.88 Å². The van der Waals surface area contributed by atoms with Crippen LogP contribution in [0.1, 0.15) is 29.1 Å². The highest BCUT2D eigenvalue weighted by Gasteiger charge is 2.34. The maximum atomic E-state index is 14.0. The van der Waals surface area contributed by atoms with Crippen LogP contribution in [0.2, 0.25) is 0 Å². The van der Waals surface area contributed by atoms with Gasteiger partial charge in [-0.05, 0) is 37.5 Å². The number of rotatable bonds is 3. The number of hydrogen-bond donors (Lipinski definition) is 0. The number of aryl methyl sites for hydroxylation is 2. The van der Waals surface area contributed by atoms with Crippen molar-refractivity contribution < 1.29 is 9.53 Å². The summed E-state index contributed by atoms with van der Waals surface area (Å²) in [5.74, 6) is 0.787. The molecule has 0 N–H and O–H groups in total. The summed E-state index contributed by atoms with van der Waals surface area (Å²) in [5, 5.41) is 1.85. The quantitative estimate of drug-likeness (QED) is 0.475. The maximum absolute atomic E-state index is 14.0. The van der Waals surface area contributed by atoms with Crippen LogP contribution in [0, 0.1) is 6.92 Å². The number of ether oxygens (including phenoxy) is 1. The van der Waals surface area contributed by atoms with Crippen molar-refractivity contribution in [3.05, 3.63) is 106 Å². The molecule has 0 unspecified atom stereocenters. The first-order valence-corrected chi connectivity index (χ1v) is 11.2.